The van der Waals surface area contributed by atoms with Crippen LogP contribution < -0.4 is 0 Å². The van der Waals surface area contributed by atoms with Crippen LogP contribution in [0.2, 0.25) is 0 Å². The van der Waals surface area contributed by atoms with Gasteiger partial charge in [0.2, 0.25) is 0 Å². The topological polar surface area (TPSA) is 18.5 Å². The van der Waals surface area contributed by atoms with Crippen LogP contribution in [0.25, 0.3) is 0 Å². The Hall–Kier alpha value is -0.340. The van der Waals surface area contributed by atoms with Gasteiger partial charge in [0.15, 0.2) is 0 Å². The lowest BCUT2D eigenvalue weighted by atomic mass is 9.93. The van der Waals surface area contributed by atoms with Crippen molar-refractivity contribution >= 4 is 0 Å². The monoisotopic (exact) mass is 196 g/mol. The SMILES string of the molecule is C=C1CCC(OC2CCOCC2)CC1. The molecule has 1 aliphatic carbocycles. The largest absolute Gasteiger partial charge is 0.381 e. The molecule has 0 N–H and O–H groups in total. The molecule has 0 aromatic heterocycles. The van der Waals surface area contributed by atoms with Crippen molar-refractivity contribution in [3.8, 4) is 0 Å². The van der Waals surface area contributed by atoms with E-state index in [1.165, 1.54) is 18.4 Å². The first kappa shape index (κ1) is 10.2. The fraction of sp³-hybridized carbons (Fsp3) is 0.833. The van der Waals surface area contributed by atoms with Crippen LogP contribution in [0.4, 0.5) is 0 Å². The normalized spacial score (nSPS) is 26.7. The summed E-state index contributed by atoms with van der Waals surface area (Å²) in [6, 6.07) is 0. The van der Waals surface area contributed by atoms with Gasteiger partial charge in [-0.15, -0.1) is 0 Å². The van der Waals surface area contributed by atoms with E-state index in [9.17, 15) is 0 Å². The van der Waals surface area contributed by atoms with Crippen molar-refractivity contribution in [1.29, 1.82) is 0 Å². The van der Waals surface area contributed by atoms with Crippen molar-refractivity contribution in [2.24, 2.45) is 0 Å². The van der Waals surface area contributed by atoms with Gasteiger partial charge < -0.3 is 9.47 Å². The van der Waals surface area contributed by atoms with Crippen LogP contribution in [0.5, 0.6) is 0 Å². The first-order valence-electron chi connectivity index (χ1n) is 5.74. The minimum atomic E-state index is 0.458. The molecule has 14 heavy (non-hydrogen) atoms. The fourth-order valence-corrected chi connectivity index (χ4v) is 2.22. The van der Waals surface area contributed by atoms with E-state index in [2.05, 4.69) is 6.58 Å². The minimum absolute atomic E-state index is 0.458. The van der Waals surface area contributed by atoms with Gasteiger partial charge in [-0.1, -0.05) is 12.2 Å². The highest BCUT2D eigenvalue weighted by atomic mass is 16.5. The van der Waals surface area contributed by atoms with Gasteiger partial charge in [-0.2, -0.15) is 0 Å². The molecule has 2 fully saturated rings. The summed E-state index contributed by atoms with van der Waals surface area (Å²) in [7, 11) is 0. The Labute approximate surface area is 86.3 Å². The summed E-state index contributed by atoms with van der Waals surface area (Å²) in [4.78, 5) is 0. The summed E-state index contributed by atoms with van der Waals surface area (Å²) in [5.74, 6) is 0. The lowest BCUT2D eigenvalue weighted by Crippen LogP contribution is -2.29. The third-order valence-corrected chi connectivity index (χ3v) is 3.19. The second kappa shape index (κ2) is 4.94. The highest BCUT2D eigenvalue weighted by Crippen LogP contribution is 2.26. The molecule has 2 heteroatoms. The molecule has 0 unspecified atom stereocenters. The predicted molar refractivity (Wildman–Crippen MR) is 56.3 cm³/mol. The summed E-state index contributed by atoms with van der Waals surface area (Å²) in [5, 5.41) is 0. The highest BCUT2D eigenvalue weighted by Gasteiger charge is 2.21. The van der Waals surface area contributed by atoms with Gasteiger partial charge in [0.1, 0.15) is 0 Å². The molecule has 2 aliphatic rings. The van der Waals surface area contributed by atoms with Gasteiger partial charge in [-0.05, 0) is 38.5 Å². The summed E-state index contributed by atoms with van der Waals surface area (Å²) in [6.07, 6.45) is 7.78. The molecular weight excluding hydrogens is 176 g/mol. The summed E-state index contributed by atoms with van der Waals surface area (Å²) >= 11 is 0. The maximum absolute atomic E-state index is 6.06. The second-order valence-corrected chi connectivity index (χ2v) is 4.40. The van der Waals surface area contributed by atoms with E-state index >= 15 is 0 Å². The van der Waals surface area contributed by atoms with Crippen molar-refractivity contribution in [1.82, 2.24) is 0 Å². The van der Waals surface area contributed by atoms with Gasteiger partial charge in [0, 0.05) is 13.2 Å². The molecule has 2 rings (SSSR count). The summed E-state index contributed by atoms with van der Waals surface area (Å²) in [5.41, 5.74) is 1.40. The molecule has 0 spiro atoms. The van der Waals surface area contributed by atoms with Crippen LogP contribution in [0.15, 0.2) is 12.2 Å². The standard InChI is InChI=1S/C12H20O2/c1-10-2-4-11(5-3-10)14-12-6-8-13-9-7-12/h11-12H,1-9H2. The number of allylic oxidation sites excluding steroid dienone is 1. The fourth-order valence-electron chi connectivity index (χ4n) is 2.22. The molecule has 2 nitrogen and oxygen atoms in total. The lowest BCUT2D eigenvalue weighted by Gasteiger charge is -2.30. The summed E-state index contributed by atoms with van der Waals surface area (Å²) < 4.78 is 11.4. The van der Waals surface area contributed by atoms with Gasteiger partial charge in [0.05, 0.1) is 12.2 Å². The first-order chi connectivity index (χ1) is 6.84. The minimum Gasteiger partial charge on any atom is -0.381 e. The van der Waals surface area contributed by atoms with Crippen molar-refractivity contribution in [3.05, 3.63) is 12.2 Å². The van der Waals surface area contributed by atoms with Crippen LogP contribution >= 0.6 is 0 Å². The van der Waals surface area contributed by atoms with E-state index in [0.717, 1.165) is 38.9 Å². The van der Waals surface area contributed by atoms with Crippen molar-refractivity contribution in [3.63, 3.8) is 0 Å². The zero-order valence-electron chi connectivity index (χ0n) is 8.84. The number of hydrogen-bond acceptors (Lipinski definition) is 2. The molecule has 1 heterocycles. The second-order valence-electron chi connectivity index (χ2n) is 4.40. The smallest absolute Gasteiger partial charge is 0.0622 e. The maximum atomic E-state index is 6.06. The van der Waals surface area contributed by atoms with Crippen LogP contribution in [0, 0.1) is 0 Å². The molecule has 0 aromatic rings. The molecule has 1 aliphatic heterocycles. The third-order valence-electron chi connectivity index (χ3n) is 3.19. The third kappa shape index (κ3) is 2.82. The van der Waals surface area contributed by atoms with E-state index in [4.69, 9.17) is 9.47 Å². The van der Waals surface area contributed by atoms with Crippen molar-refractivity contribution in [2.45, 2.75) is 50.7 Å². The van der Waals surface area contributed by atoms with E-state index in [-0.39, 0.29) is 0 Å². The number of rotatable bonds is 2. The Morgan fingerprint density at radius 2 is 1.57 bits per heavy atom. The Morgan fingerprint density at radius 1 is 1.00 bits per heavy atom. The average Bonchev–Trinajstić information content (AvgIpc) is 2.23. The Kier molecular flexibility index (Phi) is 3.60. The molecule has 0 bridgehead atoms. The number of ether oxygens (including phenoxy) is 2. The van der Waals surface area contributed by atoms with E-state index in [1.54, 1.807) is 0 Å². The maximum Gasteiger partial charge on any atom is 0.0622 e. The molecule has 1 saturated heterocycles. The van der Waals surface area contributed by atoms with Gasteiger partial charge in [0.25, 0.3) is 0 Å². The first-order valence-corrected chi connectivity index (χ1v) is 5.74. The van der Waals surface area contributed by atoms with Crippen molar-refractivity contribution in [2.75, 3.05) is 13.2 Å². The molecule has 80 valence electrons. The molecule has 0 amide bonds. The average molecular weight is 196 g/mol. The summed E-state index contributed by atoms with van der Waals surface area (Å²) in [6.45, 7) is 5.78. The molecule has 0 atom stereocenters. The van der Waals surface area contributed by atoms with Gasteiger partial charge in [-0.25, -0.2) is 0 Å². The molecule has 0 aromatic carbocycles. The zero-order valence-corrected chi connectivity index (χ0v) is 8.84. The van der Waals surface area contributed by atoms with E-state index < -0.39 is 0 Å². The Balaban J connectivity index is 1.71. The highest BCUT2D eigenvalue weighted by molar-refractivity contribution is 4.98. The van der Waals surface area contributed by atoms with Crippen LogP contribution in [0.3, 0.4) is 0 Å². The van der Waals surface area contributed by atoms with Crippen LogP contribution in [0.1, 0.15) is 38.5 Å². The Morgan fingerprint density at radius 3 is 2.21 bits per heavy atom. The van der Waals surface area contributed by atoms with Gasteiger partial charge in [-0.3, -0.25) is 0 Å². The molecule has 1 saturated carbocycles. The quantitative estimate of drug-likeness (QED) is 0.632. The lowest BCUT2D eigenvalue weighted by molar-refractivity contribution is -0.0752. The predicted octanol–water partition coefficient (Wildman–Crippen LogP) is 2.68. The Bertz CT molecular complexity index is 184. The van der Waals surface area contributed by atoms with Crippen LogP contribution in [-0.4, -0.2) is 25.4 Å². The zero-order chi connectivity index (χ0) is 9.80. The molecule has 0 radical (unpaired) electrons. The van der Waals surface area contributed by atoms with E-state index in [0.29, 0.717) is 12.2 Å². The molecular formula is C12H20O2. The van der Waals surface area contributed by atoms with Gasteiger partial charge >= 0.3 is 0 Å². The number of hydrogen-bond donors (Lipinski definition) is 0. The van der Waals surface area contributed by atoms with Crippen molar-refractivity contribution < 1.29 is 9.47 Å². The van der Waals surface area contributed by atoms with Crippen LogP contribution in [-0.2, 0) is 9.47 Å². The van der Waals surface area contributed by atoms with E-state index in [1.807, 2.05) is 0 Å².